The van der Waals surface area contributed by atoms with E-state index in [1.165, 1.54) is 10.8 Å². The van der Waals surface area contributed by atoms with Gasteiger partial charge in [0.05, 0.1) is 18.4 Å². The van der Waals surface area contributed by atoms with Gasteiger partial charge in [-0.2, -0.15) is 0 Å². The SMILES string of the molecule is ON=C(C(Cn1ccnc1)c1ccc2ccccc2c1)C(Cn1ccnc1)c1ccc2ccccc2c1. The van der Waals surface area contributed by atoms with Crippen molar-refractivity contribution in [3.05, 3.63) is 133 Å². The zero-order valence-corrected chi connectivity index (χ0v) is 20.3. The molecule has 2 heterocycles. The van der Waals surface area contributed by atoms with Crippen molar-refractivity contribution in [2.24, 2.45) is 5.16 Å². The summed E-state index contributed by atoms with van der Waals surface area (Å²) in [6.07, 6.45) is 11.1. The summed E-state index contributed by atoms with van der Waals surface area (Å²) >= 11 is 0. The Balaban J connectivity index is 1.48. The van der Waals surface area contributed by atoms with Crippen molar-refractivity contribution in [2.75, 3.05) is 0 Å². The number of rotatable bonds is 8. The summed E-state index contributed by atoms with van der Waals surface area (Å²) in [7, 11) is 0. The first-order valence-corrected chi connectivity index (χ1v) is 12.4. The van der Waals surface area contributed by atoms with Crippen molar-refractivity contribution in [3.8, 4) is 0 Å². The normalized spacial score (nSPS) is 13.0. The fourth-order valence-corrected chi connectivity index (χ4v) is 5.18. The van der Waals surface area contributed by atoms with Gasteiger partial charge in [-0.15, -0.1) is 0 Å². The monoisotopic (exact) mass is 485 g/mol. The molecule has 0 saturated carbocycles. The van der Waals surface area contributed by atoms with Crippen molar-refractivity contribution in [3.63, 3.8) is 0 Å². The van der Waals surface area contributed by atoms with E-state index in [1.54, 1.807) is 12.4 Å². The van der Waals surface area contributed by atoms with Gasteiger partial charge >= 0.3 is 0 Å². The summed E-state index contributed by atoms with van der Waals surface area (Å²) in [6, 6.07) is 29.6. The molecule has 0 radical (unpaired) electrons. The third-order valence-electron chi connectivity index (χ3n) is 7.09. The fraction of sp³-hybridized carbons (Fsp3) is 0.129. The van der Waals surface area contributed by atoms with Crippen molar-refractivity contribution >= 4 is 27.3 Å². The minimum absolute atomic E-state index is 0.177. The summed E-state index contributed by atoms with van der Waals surface area (Å²) in [6.45, 7) is 1.21. The van der Waals surface area contributed by atoms with Crippen LogP contribution < -0.4 is 0 Å². The predicted octanol–water partition coefficient (Wildman–Crippen LogP) is 6.48. The van der Waals surface area contributed by atoms with E-state index in [-0.39, 0.29) is 11.8 Å². The Bertz CT molecular complexity index is 1530. The van der Waals surface area contributed by atoms with Crippen molar-refractivity contribution in [1.82, 2.24) is 19.1 Å². The molecule has 1 N–H and O–H groups in total. The minimum atomic E-state index is -0.177. The molecule has 0 aliphatic carbocycles. The Morgan fingerprint density at radius 2 is 1.11 bits per heavy atom. The summed E-state index contributed by atoms with van der Waals surface area (Å²) in [5.41, 5.74) is 2.89. The van der Waals surface area contributed by atoms with E-state index in [0.29, 0.717) is 18.8 Å². The van der Waals surface area contributed by atoms with Crippen LogP contribution in [0.2, 0.25) is 0 Å². The number of oxime groups is 1. The summed E-state index contributed by atoms with van der Waals surface area (Å²) in [5.74, 6) is -0.354. The molecule has 182 valence electrons. The quantitative estimate of drug-likeness (QED) is 0.152. The van der Waals surface area contributed by atoms with Crippen LogP contribution in [0.5, 0.6) is 0 Å². The van der Waals surface area contributed by atoms with Crippen LogP contribution in [-0.2, 0) is 13.1 Å². The van der Waals surface area contributed by atoms with Gasteiger partial charge in [-0.3, -0.25) is 0 Å². The number of hydrogen-bond acceptors (Lipinski definition) is 4. The lowest BCUT2D eigenvalue weighted by molar-refractivity contribution is 0.312. The molecule has 0 fully saturated rings. The smallest absolute Gasteiger partial charge is 0.0946 e. The Morgan fingerprint density at radius 1 is 0.649 bits per heavy atom. The molecule has 6 rings (SSSR count). The van der Waals surface area contributed by atoms with E-state index in [2.05, 4.69) is 87.9 Å². The first kappa shape index (κ1) is 22.7. The molecule has 4 aromatic carbocycles. The summed E-state index contributed by atoms with van der Waals surface area (Å²) in [4.78, 5) is 8.50. The average Bonchev–Trinajstić information content (AvgIpc) is 3.66. The van der Waals surface area contributed by atoms with E-state index in [0.717, 1.165) is 21.9 Å². The molecular formula is C31H27N5O. The molecule has 6 aromatic rings. The van der Waals surface area contributed by atoms with Crippen LogP contribution in [0.25, 0.3) is 21.5 Å². The van der Waals surface area contributed by atoms with E-state index in [4.69, 9.17) is 0 Å². The molecule has 37 heavy (non-hydrogen) atoms. The number of nitrogens with zero attached hydrogens (tertiary/aromatic N) is 5. The van der Waals surface area contributed by atoms with Crippen LogP contribution in [0.3, 0.4) is 0 Å². The molecule has 0 spiro atoms. The van der Waals surface area contributed by atoms with Gasteiger partial charge < -0.3 is 14.3 Å². The molecule has 0 saturated heterocycles. The lowest BCUT2D eigenvalue weighted by Gasteiger charge is -2.27. The Labute approximate surface area is 215 Å². The number of fused-ring (bicyclic) bond motifs is 2. The molecule has 2 atom stereocenters. The van der Waals surface area contributed by atoms with Crippen LogP contribution >= 0.6 is 0 Å². The highest BCUT2D eigenvalue weighted by Crippen LogP contribution is 2.33. The third-order valence-corrected chi connectivity index (χ3v) is 7.09. The van der Waals surface area contributed by atoms with Gasteiger partial charge in [0.15, 0.2) is 0 Å². The van der Waals surface area contributed by atoms with Crippen molar-refractivity contribution in [1.29, 1.82) is 0 Å². The molecule has 0 bridgehead atoms. The van der Waals surface area contributed by atoms with Gasteiger partial charge in [0.1, 0.15) is 0 Å². The highest BCUT2D eigenvalue weighted by atomic mass is 16.4. The highest BCUT2D eigenvalue weighted by molar-refractivity contribution is 5.98. The third kappa shape index (κ3) is 4.74. The Kier molecular flexibility index (Phi) is 6.21. The standard InChI is InChI=1S/C31H27N5O/c37-34-31(29(19-35-15-13-32-21-35)27-11-9-23-5-1-3-7-25(23)17-27)30(20-36-16-14-33-22-36)28-12-10-24-6-2-4-8-26(24)18-28/h1-18,21-22,29-30,37H,19-20H2. The van der Waals surface area contributed by atoms with Crippen LogP contribution in [-0.4, -0.2) is 30.0 Å². The predicted molar refractivity (Wildman–Crippen MR) is 147 cm³/mol. The van der Waals surface area contributed by atoms with Gasteiger partial charge in [0, 0.05) is 49.7 Å². The average molecular weight is 486 g/mol. The molecule has 6 nitrogen and oxygen atoms in total. The zero-order chi connectivity index (χ0) is 25.0. The van der Waals surface area contributed by atoms with E-state index in [9.17, 15) is 5.21 Å². The number of hydrogen-bond donors (Lipinski definition) is 1. The zero-order valence-electron chi connectivity index (χ0n) is 20.3. The molecule has 2 aromatic heterocycles. The summed E-state index contributed by atoms with van der Waals surface area (Å²) in [5, 5.41) is 19.3. The largest absolute Gasteiger partial charge is 0.411 e. The molecular weight excluding hydrogens is 458 g/mol. The number of imidazole rings is 2. The Morgan fingerprint density at radius 3 is 1.51 bits per heavy atom. The molecule has 0 aliphatic rings. The molecule has 2 unspecified atom stereocenters. The first-order valence-electron chi connectivity index (χ1n) is 12.4. The fourth-order valence-electron chi connectivity index (χ4n) is 5.18. The second-order valence-corrected chi connectivity index (χ2v) is 9.36. The highest BCUT2D eigenvalue weighted by Gasteiger charge is 2.29. The van der Waals surface area contributed by atoms with Crippen molar-refractivity contribution < 1.29 is 5.21 Å². The Hall–Kier alpha value is -4.71. The maximum Gasteiger partial charge on any atom is 0.0946 e. The van der Waals surface area contributed by atoms with Crippen LogP contribution in [0, 0.1) is 0 Å². The van der Waals surface area contributed by atoms with Crippen LogP contribution in [0.1, 0.15) is 23.0 Å². The number of benzene rings is 4. The maximum atomic E-state index is 10.6. The van der Waals surface area contributed by atoms with E-state index in [1.807, 2.05) is 46.3 Å². The second-order valence-electron chi connectivity index (χ2n) is 9.36. The maximum absolute atomic E-state index is 10.6. The first-order chi connectivity index (χ1) is 18.3. The van der Waals surface area contributed by atoms with Gasteiger partial charge in [-0.25, -0.2) is 9.97 Å². The lowest BCUT2D eigenvalue weighted by Crippen LogP contribution is -2.27. The second kappa shape index (κ2) is 10.1. The molecule has 0 amide bonds. The summed E-state index contributed by atoms with van der Waals surface area (Å²) < 4.78 is 4.08. The minimum Gasteiger partial charge on any atom is -0.411 e. The molecule has 0 aliphatic heterocycles. The van der Waals surface area contributed by atoms with Crippen molar-refractivity contribution in [2.45, 2.75) is 24.9 Å². The van der Waals surface area contributed by atoms with E-state index < -0.39 is 0 Å². The molecule has 6 heteroatoms. The van der Waals surface area contributed by atoms with Gasteiger partial charge in [-0.05, 0) is 32.7 Å². The van der Waals surface area contributed by atoms with Crippen LogP contribution in [0.15, 0.2) is 128 Å². The van der Waals surface area contributed by atoms with Gasteiger partial charge in [0.25, 0.3) is 0 Å². The number of aromatic nitrogens is 4. The van der Waals surface area contributed by atoms with Gasteiger partial charge in [0.2, 0.25) is 0 Å². The topological polar surface area (TPSA) is 68.2 Å². The lowest BCUT2D eigenvalue weighted by atomic mass is 9.81. The van der Waals surface area contributed by atoms with Crippen LogP contribution in [0.4, 0.5) is 0 Å². The van der Waals surface area contributed by atoms with Gasteiger partial charge in [-0.1, -0.05) is 90.1 Å². The van der Waals surface area contributed by atoms with E-state index >= 15 is 0 Å².